The van der Waals surface area contributed by atoms with E-state index in [2.05, 4.69) is 47.3 Å². The van der Waals surface area contributed by atoms with Crippen LogP contribution in [0.3, 0.4) is 0 Å². The molecule has 3 heterocycles. The van der Waals surface area contributed by atoms with Crippen LogP contribution in [0.2, 0.25) is 0 Å². The van der Waals surface area contributed by atoms with E-state index in [1.54, 1.807) is 0 Å². The molecule has 1 saturated heterocycles. The highest BCUT2D eigenvalue weighted by molar-refractivity contribution is 7.17. The maximum absolute atomic E-state index is 10.6. The van der Waals surface area contributed by atoms with Gasteiger partial charge in [0, 0.05) is 34.4 Å². The molecule has 0 spiro atoms. The second-order valence-corrected chi connectivity index (χ2v) is 9.81. The van der Waals surface area contributed by atoms with Crippen LogP contribution in [0.1, 0.15) is 36.8 Å². The number of hydrogen-bond acceptors (Lipinski definition) is 4. The van der Waals surface area contributed by atoms with Crippen molar-refractivity contribution in [2.45, 2.75) is 44.8 Å². The van der Waals surface area contributed by atoms with E-state index in [-0.39, 0.29) is 0 Å². The summed E-state index contributed by atoms with van der Waals surface area (Å²) in [5.74, 6) is 1.42. The number of aryl methyl sites for hydroxylation is 1. The molecule has 0 saturated carbocycles. The summed E-state index contributed by atoms with van der Waals surface area (Å²) in [4.78, 5) is 5.61. The lowest BCUT2D eigenvalue weighted by atomic mass is 9.85. The molecular formula is C26H30N2O2S. The fraction of sp³-hybridized carbons (Fsp3) is 0.385. The number of aliphatic hydroxyl groups excluding tert-OH is 1. The number of ether oxygens (including phenoxy) is 1. The SMILES string of the molecule is Cc1csc2ccc([C@H]3CCN(C[C@H](O)COc4cccc5[nH]ccc45)[C@@H](C)C3)cc12. The number of hydrogen-bond donors (Lipinski definition) is 2. The lowest BCUT2D eigenvalue weighted by Gasteiger charge is -2.38. The van der Waals surface area contributed by atoms with Crippen LogP contribution in [0.5, 0.6) is 5.75 Å². The number of aliphatic hydroxyl groups is 1. The lowest BCUT2D eigenvalue weighted by molar-refractivity contribution is 0.0406. The monoisotopic (exact) mass is 434 g/mol. The Labute approximate surface area is 187 Å². The summed E-state index contributed by atoms with van der Waals surface area (Å²) in [6.07, 6.45) is 3.68. The van der Waals surface area contributed by atoms with Gasteiger partial charge in [0.15, 0.2) is 0 Å². The van der Waals surface area contributed by atoms with Crippen LogP contribution in [-0.2, 0) is 0 Å². The van der Waals surface area contributed by atoms with Gasteiger partial charge in [0.2, 0.25) is 0 Å². The zero-order valence-corrected chi connectivity index (χ0v) is 19.0. The average molecular weight is 435 g/mol. The minimum absolute atomic E-state index is 0.311. The molecule has 4 nitrogen and oxygen atoms in total. The Bertz CT molecular complexity index is 1180. The number of piperidine rings is 1. The first kappa shape index (κ1) is 20.6. The van der Waals surface area contributed by atoms with E-state index in [4.69, 9.17) is 4.74 Å². The van der Waals surface area contributed by atoms with Crippen molar-refractivity contribution in [2.24, 2.45) is 0 Å². The van der Waals surface area contributed by atoms with E-state index in [1.807, 2.05) is 41.8 Å². The van der Waals surface area contributed by atoms with Gasteiger partial charge in [0.25, 0.3) is 0 Å². The molecule has 2 N–H and O–H groups in total. The first-order valence-corrected chi connectivity index (χ1v) is 12.0. The van der Waals surface area contributed by atoms with Gasteiger partial charge < -0.3 is 14.8 Å². The molecule has 0 radical (unpaired) electrons. The van der Waals surface area contributed by atoms with Crippen LogP contribution in [0.15, 0.2) is 54.0 Å². The topological polar surface area (TPSA) is 48.5 Å². The zero-order chi connectivity index (χ0) is 21.4. The van der Waals surface area contributed by atoms with Crippen LogP contribution < -0.4 is 4.74 Å². The summed E-state index contributed by atoms with van der Waals surface area (Å²) in [5.41, 5.74) is 3.90. The zero-order valence-electron chi connectivity index (χ0n) is 18.2. The molecule has 4 aromatic rings. The fourth-order valence-corrected chi connectivity index (χ4v) is 5.84. The van der Waals surface area contributed by atoms with Crippen molar-refractivity contribution in [1.82, 2.24) is 9.88 Å². The quantitative estimate of drug-likeness (QED) is 0.409. The number of aromatic amines is 1. The van der Waals surface area contributed by atoms with Gasteiger partial charge in [-0.1, -0.05) is 12.1 Å². The maximum Gasteiger partial charge on any atom is 0.128 e. The summed E-state index contributed by atoms with van der Waals surface area (Å²) in [6.45, 7) is 6.46. The number of H-pyrrole nitrogens is 1. The molecule has 0 bridgehead atoms. The van der Waals surface area contributed by atoms with Crippen molar-refractivity contribution in [2.75, 3.05) is 19.7 Å². The molecule has 1 fully saturated rings. The van der Waals surface area contributed by atoms with E-state index >= 15 is 0 Å². The van der Waals surface area contributed by atoms with Crippen LogP contribution in [0, 0.1) is 6.92 Å². The van der Waals surface area contributed by atoms with Gasteiger partial charge in [-0.3, -0.25) is 4.90 Å². The van der Waals surface area contributed by atoms with E-state index in [1.165, 1.54) is 21.2 Å². The summed E-state index contributed by atoms with van der Waals surface area (Å²) in [5, 5.41) is 15.4. The third-order valence-electron chi connectivity index (χ3n) is 6.71. The Morgan fingerprint density at radius 1 is 1.23 bits per heavy atom. The predicted molar refractivity (Wildman–Crippen MR) is 129 cm³/mol. The number of rotatable bonds is 6. The number of aromatic nitrogens is 1. The van der Waals surface area contributed by atoms with Crippen molar-refractivity contribution < 1.29 is 9.84 Å². The summed E-state index contributed by atoms with van der Waals surface area (Å²) in [7, 11) is 0. The third-order valence-corrected chi connectivity index (χ3v) is 7.79. The first-order valence-electron chi connectivity index (χ1n) is 11.2. The average Bonchev–Trinajstić information content (AvgIpc) is 3.40. The second kappa shape index (κ2) is 8.65. The highest BCUT2D eigenvalue weighted by Crippen LogP contribution is 2.35. The molecule has 3 atom stereocenters. The number of fused-ring (bicyclic) bond motifs is 2. The lowest BCUT2D eigenvalue weighted by Crippen LogP contribution is -2.45. The number of likely N-dealkylation sites (tertiary alicyclic amines) is 1. The normalized spacial score (nSPS) is 21.0. The second-order valence-electron chi connectivity index (χ2n) is 8.90. The Morgan fingerprint density at radius 2 is 2.13 bits per heavy atom. The van der Waals surface area contributed by atoms with Crippen molar-refractivity contribution >= 4 is 32.3 Å². The number of nitrogens with one attached hydrogen (secondary N) is 1. The number of nitrogens with zero attached hydrogens (tertiary/aromatic N) is 1. The third kappa shape index (κ3) is 4.22. The molecule has 162 valence electrons. The van der Waals surface area contributed by atoms with Crippen LogP contribution in [-0.4, -0.2) is 46.8 Å². The first-order chi connectivity index (χ1) is 15.1. The summed E-state index contributed by atoms with van der Waals surface area (Å²) in [6, 6.07) is 15.4. The number of β-amino-alcohol motifs (C(OH)–C–C–N with tert-alkyl or cyclic N) is 1. The Balaban J connectivity index is 1.17. The minimum atomic E-state index is -0.502. The molecule has 2 aromatic carbocycles. The minimum Gasteiger partial charge on any atom is -0.490 e. The van der Waals surface area contributed by atoms with Gasteiger partial charge in [-0.2, -0.15) is 0 Å². The van der Waals surface area contributed by atoms with Gasteiger partial charge in [0.1, 0.15) is 18.5 Å². The molecule has 0 amide bonds. The van der Waals surface area contributed by atoms with E-state index in [0.29, 0.717) is 25.1 Å². The van der Waals surface area contributed by atoms with E-state index in [9.17, 15) is 5.11 Å². The molecule has 2 aromatic heterocycles. The number of benzene rings is 2. The Kier molecular flexibility index (Phi) is 5.74. The standard InChI is InChI=1S/C26H30N2O2S/c1-17-16-31-26-7-6-19(13-23(17)26)20-9-11-28(18(2)12-20)14-21(29)15-30-25-5-3-4-24-22(25)8-10-27-24/h3-8,10,13,16,18,20-21,27,29H,9,11-12,14-15H2,1-2H3/t18-,20-,21-/m0/s1. The van der Waals surface area contributed by atoms with Gasteiger partial charge in [0.05, 0.1) is 0 Å². The molecular weight excluding hydrogens is 404 g/mol. The predicted octanol–water partition coefficient (Wildman–Crippen LogP) is 5.70. The molecule has 1 aliphatic rings. The fourth-order valence-electron chi connectivity index (χ4n) is 4.91. The van der Waals surface area contributed by atoms with Crippen molar-refractivity contribution in [1.29, 1.82) is 0 Å². The molecule has 5 heteroatoms. The van der Waals surface area contributed by atoms with Crippen molar-refractivity contribution in [3.05, 3.63) is 65.2 Å². The van der Waals surface area contributed by atoms with Crippen LogP contribution >= 0.6 is 11.3 Å². The summed E-state index contributed by atoms with van der Waals surface area (Å²) < 4.78 is 7.34. The molecule has 1 aliphatic heterocycles. The van der Waals surface area contributed by atoms with Crippen molar-refractivity contribution in [3.63, 3.8) is 0 Å². The van der Waals surface area contributed by atoms with E-state index in [0.717, 1.165) is 36.0 Å². The highest BCUT2D eigenvalue weighted by atomic mass is 32.1. The highest BCUT2D eigenvalue weighted by Gasteiger charge is 2.28. The Hall–Kier alpha value is -2.34. The van der Waals surface area contributed by atoms with Gasteiger partial charge >= 0.3 is 0 Å². The molecule has 5 rings (SSSR count). The molecule has 31 heavy (non-hydrogen) atoms. The molecule has 0 aliphatic carbocycles. The van der Waals surface area contributed by atoms with Gasteiger partial charge in [-0.15, -0.1) is 11.3 Å². The van der Waals surface area contributed by atoms with Crippen LogP contribution in [0.4, 0.5) is 0 Å². The Morgan fingerprint density at radius 3 is 3.00 bits per heavy atom. The van der Waals surface area contributed by atoms with Gasteiger partial charge in [-0.05, 0) is 91.4 Å². The summed E-state index contributed by atoms with van der Waals surface area (Å²) >= 11 is 1.83. The maximum atomic E-state index is 10.6. The smallest absolute Gasteiger partial charge is 0.128 e. The largest absolute Gasteiger partial charge is 0.490 e. The van der Waals surface area contributed by atoms with E-state index < -0.39 is 6.10 Å². The number of thiophene rings is 1. The molecule has 0 unspecified atom stereocenters. The van der Waals surface area contributed by atoms with Gasteiger partial charge in [-0.25, -0.2) is 0 Å². The van der Waals surface area contributed by atoms with Crippen LogP contribution in [0.25, 0.3) is 21.0 Å². The van der Waals surface area contributed by atoms with Crippen molar-refractivity contribution in [3.8, 4) is 5.75 Å².